The normalized spacial score (nSPS) is 12.7. The number of rotatable bonds is 6. The molecule has 0 aliphatic heterocycles. The summed E-state index contributed by atoms with van der Waals surface area (Å²) in [5, 5.41) is 10.5. The van der Waals surface area contributed by atoms with Crippen LogP contribution < -0.4 is 0 Å². The SMILES string of the molecule is CCC[C@@H](CCOC(C)=O)N(O)C(=O)OC(C)(C)C. The van der Waals surface area contributed by atoms with Crippen LogP contribution in [0.25, 0.3) is 0 Å². The lowest BCUT2D eigenvalue weighted by molar-refractivity contribution is -0.144. The summed E-state index contributed by atoms with van der Waals surface area (Å²) in [6.07, 6.45) is 0.999. The van der Waals surface area contributed by atoms with E-state index >= 15 is 0 Å². The summed E-state index contributed by atoms with van der Waals surface area (Å²) in [7, 11) is 0. The lowest BCUT2D eigenvalue weighted by Gasteiger charge is -2.28. The maximum atomic E-state index is 11.7. The summed E-state index contributed by atoms with van der Waals surface area (Å²) in [5.41, 5.74) is -0.662. The van der Waals surface area contributed by atoms with E-state index in [0.29, 0.717) is 17.9 Å². The zero-order valence-electron chi connectivity index (χ0n) is 12.4. The summed E-state index contributed by atoms with van der Waals surface area (Å²) in [6, 6.07) is -0.417. The van der Waals surface area contributed by atoms with Gasteiger partial charge in [-0.05, 0) is 27.2 Å². The van der Waals surface area contributed by atoms with Crippen LogP contribution in [0.1, 0.15) is 53.9 Å². The molecule has 0 saturated heterocycles. The van der Waals surface area contributed by atoms with Crippen molar-refractivity contribution in [2.45, 2.75) is 65.5 Å². The second-order valence-corrected chi connectivity index (χ2v) is 5.40. The number of hydrogen-bond acceptors (Lipinski definition) is 5. The number of amides is 1. The van der Waals surface area contributed by atoms with E-state index in [2.05, 4.69) is 0 Å². The summed E-state index contributed by atoms with van der Waals surface area (Å²) in [4.78, 5) is 22.4. The zero-order valence-corrected chi connectivity index (χ0v) is 12.4. The predicted octanol–water partition coefficient (Wildman–Crippen LogP) is 2.73. The third kappa shape index (κ3) is 8.42. The van der Waals surface area contributed by atoms with Gasteiger partial charge in [-0.15, -0.1) is 0 Å². The molecule has 19 heavy (non-hydrogen) atoms. The number of nitrogens with zero attached hydrogens (tertiary/aromatic N) is 1. The average Bonchev–Trinajstić information content (AvgIpc) is 2.24. The number of hydroxylamine groups is 2. The molecule has 0 spiro atoms. The van der Waals surface area contributed by atoms with Crippen LogP contribution in [0.15, 0.2) is 0 Å². The van der Waals surface area contributed by atoms with Crippen LogP contribution in [-0.4, -0.2) is 40.6 Å². The fourth-order valence-electron chi connectivity index (χ4n) is 1.52. The molecule has 1 amide bonds. The first kappa shape index (κ1) is 17.7. The van der Waals surface area contributed by atoms with Crippen molar-refractivity contribution < 1.29 is 24.3 Å². The Hall–Kier alpha value is -1.30. The number of esters is 1. The van der Waals surface area contributed by atoms with E-state index < -0.39 is 17.7 Å². The molecule has 6 nitrogen and oxygen atoms in total. The fourth-order valence-corrected chi connectivity index (χ4v) is 1.52. The van der Waals surface area contributed by atoms with E-state index in [1.54, 1.807) is 20.8 Å². The third-order valence-electron chi connectivity index (χ3n) is 2.30. The first-order chi connectivity index (χ1) is 8.67. The molecule has 0 rings (SSSR count). The molecule has 0 saturated carbocycles. The summed E-state index contributed by atoms with van der Waals surface area (Å²) in [5.74, 6) is -0.378. The van der Waals surface area contributed by atoms with Gasteiger partial charge in [-0.25, -0.2) is 4.79 Å². The molecule has 6 heteroatoms. The molecule has 0 fully saturated rings. The van der Waals surface area contributed by atoms with Gasteiger partial charge in [-0.3, -0.25) is 10.0 Å². The fraction of sp³-hybridized carbons (Fsp3) is 0.846. The smallest absolute Gasteiger partial charge is 0.434 e. The molecule has 112 valence electrons. The molecule has 0 aromatic rings. The van der Waals surface area contributed by atoms with E-state index in [9.17, 15) is 14.8 Å². The van der Waals surface area contributed by atoms with Crippen LogP contribution in [0.2, 0.25) is 0 Å². The molecule has 0 radical (unpaired) electrons. The van der Waals surface area contributed by atoms with E-state index in [1.165, 1.54) is 6.92 Å². The molecule has 0 unspecified atom stereocenters. The second kappa shape index (κ2) is 7.99. The molecule has 0 aliphatic carbocycles. The summed E-state index contributed by atoms with van der Waals surface area (Å²) < 4.78 is 9.90. The monoisotopic (exact) mass is 275 g/mol. The van der Waals surface area contributed by atoms with Crippen molar-refractivity contribution in [2.24, 2.45) is 0 Å². The topological polar surface area (TPSA) is 76.1 Å². The van der Waals surface area contributed by atoms with Gasteiger partial charge in [-0.2, -0.15) is 5.06 Å². The molecular weight excluding hydrogens is 250 g/mol. The first-order valence-corrected chi connectivity index (χ1v) is 6.51. The van der Waals surface area contributed by atoms with Gasteiger partial charge in [0.15, 0.2) is 0 Å². The third-order valence-corrected chi connectivity index (χ3v) is 2.30. The van der Waals surface area contributed by atoms with Crippen molar-refractivity contribution in [3.05, 3.63) is 0 Å². The van der Waals surface area contributed by atoms with Gasteiger partial charge in [0.2, 0.25) is 0 Å². The van der Waals surface area contributed by atoms with Gasteiger partial charge in [0.1, 0.15) is 5.60 Å². The minimum absolute atomic E-state index is 0.167. The van der Waals surface area contributed by atoms with Crippen molar-refractivity contribution in [1.29, 1.82) is 0 Å². The Labute approximate surface area is 114 Å². The number of carbonyl (C=O) groups is 2. The average molecular weight is 275 g/mol. The van der Waals surface area contributed by atoms with Crippen LogP contribution in [-0.2, 0) is 14.3 Å². The standard InChI is InChI=1S/C13H25NO5/c1-6-7-11(8-9-18-10(2)15)14(17)12(16)19-13(3,4)5/h11,17H,6-9H2,1-5H3/t11-/m0/s1. The Kier molecular flexibility index (Phi) is 7.44. The zero-order chi connectivity index (χ0) is 15.1. The highest BCUT2D eigenvalue weighted by atomic mass is 16.6. The Morgan fingerprint density at radius 2 is 1.84 bits per heavy atom. The van der Waals surface area contributed by atoms with Crippen LogP contribution in [0.5, 0.6) is 0 Å². The quantitative estimate of drug-likeness (QED) is 0.458. The molecular formula is C13H25NO5. The maximum Gasteiger partial charge on any atom is 0.434 e. The minimum atomic E-state index is -0.784. The Morgan fingerprint density at radius 3 is 2.26 bits per heavy atom. The van der Waals surface area contributed by atoms with Crippen molar-refractivity contribution in [3.8, 4) is 0 Å². The van der Waals surface area contributed by atoms with Gasteiger partial charge in [-0.1, -0.05) is 13.3 Å². The van der Waals surface area contributed by atoms with Gasteiger partial charge < -0.3 is 9.47 Å². The first-order valence-electron chi connectivity index (χ1n) is 6.51. The Balaban J connectivity index is 4.42. The van der Waals surface area contributed by atoms with Crippen LogP contribution in [0.3, 0.4) is 0 Å². The minimum Gasteiger partial charge on any atom is -0.466 e. The molecule has 0 bridgehead atoms. The highest BCUT2D eigenvalue weighted by Crippen LogP contribution is 2.15. The van der Waals surface area contributed by atoms with Crippen molar-refractivity contribution in [3.63, 3.8) is 0 Å². The van der Waals surface area contributed by atoms with E-state index in [4.69, 9.17) is 9.47 Å². The molecule has 0 heterocycles. The van der Waals surface area contributed by atoms with Crippen LogP contribution >= 0.6 is 0 Å². The molecule has 0 aromatic carbocycles. The van der Waals surface area contributed by atoms with Gasteiger partial charge in [0, 0.05) is 13.3 Å². The van der Waals surface area contributed by atoms with E-state index in [-0.39, 0.29) is 12.6 Å². The van der Waals surface area contributed by atoms with E-state index in [1.807, 2.05) is 6.92 Å². The maximum absolute atomic E-state index is 11.7. The van der Waals surface area contributed by atoms with Crippen molar-refractivity contribution in [2.75, 3.05) is 6.61 Å². The van der Waals surface area contributed by atoms with Gasteiger partial charge >= 0.3 is 12.1 Å². The highest BCUT2D eigenvalue weighted by Gasteiger charge is 2.26. The van der Waals surface area contributed by atoms with E-state index in [0.717, 1.165) is 6.42 Å². The van der Waals surface area contributed by atoms with Gasteiger partial charge in [0.25, 0.3) is 0 Å². The number of hydrogen-bond donors (Lipinski definition) is 1. The Bertz CT molecular complexity index is 298. The van der Waals surface area contributed by atoms with Crippen molar-refractivity contribution >= 4 is 12.1 Å². The number of ether oxygens (including phenoxy) is 2. The summed E-state index contributed by atoms with van der Waals surface area (Å²) in [6.45, 7) is 8.62. The van der Waals surface area contributed by atoms with Crippen LogP contribution in [0, 0.1) is 0 Å². The van der Waals surface area contributed by atoms with Crippen molar-refractivity contribution in [1.82, 2.24) is 5.06 Å². The highest BCUT2D eigenvalue weighted by molar-refractivity contribution is 5.67. The lowest BCUT2D eigenvalue weighted by atomic mass is 10.1. The number of carbonyl (C=O) groups excluding carboxylic acids is 2. The molecule has 0 aliphatic rings. The summed E-state index contributed by atoms with van der Waals surface area (Å²) >= 11 is 0. The molecule has 1 atom stereocenters. The molecule has 1 N–H and O–H groups in total. The molecule has 0 aromatic heterocycles. The largest absolute Gasteiger partial charge is 0.466 e. The lowest BCUT2D eigenvalue weighted by Crippen LogP contribution is -2.41. The predicted molar refractivity (Wildman–Crippen MR) is 69.8 cm³/mol. The second-order valence-electron chi connectivity index (χ2n) is 5.40. The Morgan fingerprint density at radius 1 is 1.26 bits per heavy atom. The van der Waals surface area contributed by atoms with Crippen LogP contribution in [0.4, 0.5) is 4.79 Å². The van der Waals surface area contributed by atoms with Gasteiger partial charge in [0.05, 0.1) is 12.6 Å².